The largest absolute Gasteiger partial charge is 0.455 e. The van der Waals surface area contributed by atoms with Gasteiger partial charge in [-0.25, -0.2) is 0 Å². The van der Waals surface area contributed by atoms with Crippen LogP contribution in [0.4, 0.5) is 0 Å². The molecule has 0 saturated heterocycles. The minimum atomic E-state index is -0.156. The molecule has 3 atom stereocenters. The number of hydrogen-bond acceptors (Lipinski definition) is 1. The Morgan fingerprint density at radius 2 is 1.68 bits per heavy atom. The van der Waals surface area contributed by atoms with Crippen molar-refractivity contribution in [2.45, 2.75) is 44.2 Å². The van der Waals surface area contributed by atoms with Gasteiger partial charge in [0.05, 0.1) is 11.1 Å². The quantitative estimate of drug-likeness (QED) is 0.220. The van der Waals surface area contributed by atoms with Crippen LogP contribution >= 0.6 is 0 Å². The SMILES string of the molecule is Cc1cc[n+]2c(c1)-c1c(ccc3c1oc1ccccc13)C1C2C12c1cc(C(C)C)ccc1-c1cccc[n+]12. The highest BCUT2D eigenvalue weighted by atomic mass is 16.3. The van der Waals surface area contributed by atoms with Crippen LogP contribution in [-0.4, -0.2) is 0 Å². The average Bonchev–Trinajstić information content (AvgIpc) is 3.36. The Morgan fingerprint density at radius 3 is 2.58 bits per heavy atom. The molecule has 1 aliphatic carbocycles. The first-order valence-corrected chi connectivity index (χ1v) is 13.7. The van der Waals surface area contributed by atoms with Crippen LogP contribution in [0.3, 0.4) is 0 Å². The lowest BCUT2D eigenvalue weighted by Gasteiger charge is -2.13. The summed E-state index contributed by atoms with van der Waals surface area (Å²) in [6.45, 7) is 6.78. The summed E-state index contributed by atoms with van der Waals surface area (Å²) in [6.07, 6.45) is 4.62. The predicted molar refractivity (Wildman–Crippen MR) is 149 cm³/mol. The van der Waals surface area contributed by atoms with E-state index in [9.17, 15) is 0 Å². The third-order valence-electron chi connectivity index (χ3n) is 9.42. The highest BCUT2D eigenvalue weighted by Crippen LogP contribution is 2.71. The molecule has 1 fully saturated rings. The van der Waals surface area contributed by atoms with Crippen LogP contribution in [-0.2, 0) is 5.54 Å². The van der Waals surface area contributed by atoms with E-state index in [1.807, 2.05) is 0 Å². The topological polar surface area (TPSA) is 20.9 Å². The molecule has 3 aromatic carbocycles. The van der Waals surface area contributed by atoms with Gasteiger partial charge < -0.3 is 4.42 Å². The zero-order valence-corrected chi connectivity index (χ0v) is 21.8. The number of nitrogens with zero attached hydrogens (tertiary/aromatic N) is 2. The van der Waals surface area contributed by atoms with Crippen molar-refractivity contribution in [1.29, 1.82) is 0 Å². The molecule has 3 nitrogen and oxygen atoms in total. The summed E-state index contributed by atoms with van der Waals surface area (Å²) < 4.78 is 11.8. The summed E-state index contributed by atoms with van der Waals surface area (Å²) in [7, 11) is 0. The molecular formula is C35H28N2O+2. The number of furan rings is 1. The van der Waals surface area contributed by atoms with Gasteiger partial charge >= 0.3 is 0 Å². The van der Waals surface area contributed by atoms with E-state index < -0.39 is 0 Å². The Kier molecular flexibility index (Phi) is 3.71. The van der Waals surface area contributed by atoms with Crippen molar-refractivity contribution in [2.75, 3.05) is 0 Å². The standard InChI is InChI=1S/C35H28N2O/c1-20(2)22-11-12-25-27(19-22)35(37-16-7-6-9-28(25)37)32-26-14-13-24-23-8-4-5-10-30(23)38-33(24)31(26)29-18-21(3)15-17-36(29)34(32)35/h4-20,32,34H,1-3H3/q+2. The molecule has 0 amide bonds. The molecule has 3 aliphatic rings. The van der Waals surface area contributed by atoms with Crippen LogP contribution < -0.4 is 9.13 Å². The monoisotopic (exact) mass is 492 g/mol. The molecule has 0 bridgehead atoms. The van der Waals surface area contributed by atoms with Crippen molar-refractivity contribution < 1.29 is 13.6 Å². The summed E-state index contributed by atoms with van der Waals surface area (Å²) in [6, 6.07) is 31.9. The molecule has 0 radical (unpaired) electrons. The number of pyridine rings is 2. The third kappa shape index (κ3) is 2.28. The maximum absolute atomic E-state index is 6.63. The maximum Gasteiger partial charge on any atom is 0.269 e. The molecule has 38 heavy (non-hydrogen) atoms. The van der Waals surface area contributed by atoms with Crippen LogP contribution in [0.25, 0.3) is 44.5 Å². The molecule has 3 unspecified atom stereocenters. The molecule has 5 heterocycles. The average molecular weight is 493 g/mol. The van der Waals surface area contributed by atoms with Crippen LogP contribution in [0.2, 0.25) is 0 Å². The maximum atomic E-state index is 6.63. The molecule has 9 rings (SSSR count). The van der Waals surface area contributed by atoms with Crippen molar-refractivity contribution in [2.24, 2.45) is 0 Å². The van der Waals surface area contributed by atoms with E-state index in [2.05, 4.69) is 127 Å². The molecule has 0 N–H and O–H groups in total. The number of aromatic nitrogens is 2. The minimum Gasteiger partial charge on any atom is -0.455 e. The van der Waals surface area contributed by atoms with E-state index in [-0.39, 0.29) is 5.54 Å². The lowest BCUT2D eigenvalue weighted by atomic mass is 9.90. The summed E-state index contributed by atoms with van der Waals surface area (Å²) in [5.74, 6) is 0.807. The fourth-order valence-electron chi connectivity index (χ4n) is 7.73. The molecule has 2 aliphatic heterocycles. The van der Waals surface area contributed by atoms with Gasteiger partial charge in [-0.2, -0.15) is 9.13 Å². The van der Waals surface area contributed by atoms with E-state index in [1.54, 1.807) is 0 Å². The molecule has 182 valence electrons. The Hall–Kier alpha value is -4.24. The molecular weight excluding hydrogens is 464 g/mol. The number of aryl methyl sites for hydroxylation is 1. The second-order valence-corrected chi connectivity index (χ2v) is 11.7. The van der Waals surface area contributed by atoms with Crippen molar-refractivity contribution in [3.8, 4) is 22.5 Å². The molecule has 1 spiro atoms. The third-order valence-corrected chi connectivity index (χ3v) is 9.42. The van der Waals surface area contributed by atoms with Gasteiger partial charge in [-0.05, 0) is 53.8 Å². The summed E-state index contributed by atoms with van der Waals surface area (Å²) in [4.78, 5) is 0. The van der Waals surface area contributed by atoms with Gasteiger partial charge in [0.1, 0.15) is 17.1 Å². The molecule has 3 heteroatoms. The lowest BCUT2D eigenvalue weighted by Crippen LogP contribution is -2.50. The summed E-state index contributed by atoms with van der Waals surface area (Å²) in [5, 5.41) is 2.38. The van der Waals surface area contributed by atoms with Gasteiger partial charge in [-0.1, -0.05) is 50.2 Å². The van der Waals surface area contributed by atoms with E-state index in [1.165, 1.54) is 55.5 Å². The van der Waals surface area contributed by atoms with E-state index in [0.717, 1.165) is 11.2 Å². The predicted octanol–water partition coefficient (Wildman–Crippen LogP) is 7.34. The number of hydrogen-bond donors (Lipinski definition) is 0. The second-order valence-electron chi connectivity index (χ2n) is 11.7. The van der Waals surface area contributed by atoms with E-state index >= 15 is 0 Å². The van der Waals surface area contributed by atoms with Crippen LogP contribution in [0.1, 0.15) is 54.0 Å². The lowest BCUT2D eigenvalue weighted by molar-refractivity contribution is -0.772. The smallest absolute Gasteiger partial charge is 0.269 e. The second kappa shape index (κ2) is 6.79. The van der Waals surface area contributed by atoms with E-state index in [4.69, 9.17) is 4.42 Å². The summed E-state index contributed by atoms with van der Waals surface area (Å²) in [5.41, 5.74) is 12.5. The Labute approximate surface area is 221 Å². The van der Waals surface area contributed by atoms with Crippen molar-refractivity contribution in [1.82, 2.24) is 0 Å². The summed E-state index contributed by atoms with van der Waals surface area (Å²) >= 11 is 0. The fraction of sp³-hybridized carbons (Fsp3) is 0.200. The van der Waals surface area contributed by atoms with Gasteiger partial charge in [0, 0.05) is 40.6 Å². The normalized spacial score (nSPS) is 21.9. The van der Waals surface area contributed by atoms with Gasteiger partial charge in [0.2, 0.25) is 17.4 Å². The van der Waals surface area contributed by atoms with Gasteiger partial charge in [0.15, 0.2) is 12.4 Å². The van der Waals surface area contributed by atoms with Gasteiger partial charge in [0.25, 0.3) is 5.54 Å². The first kappa shape index (κ1) is 20.8. The highest BCUT2D eigenvalue weighted by molar-refractivity contribution is 6.10. The zero-order chi connectivity index (χ0) is 25.3. The van der Waals surface area contributed by atoms with Crippen LogP contribution in [0, 0.1) is 6.92 Å². The molecule has 6 aromatic rings. The first-order valence-electron chi connectivity index (χ1n) is 13.7. The van der Waals surface area contributed by atoms with Crippen molar-refractivity contribution in [3.05, 3.63) is 120 Å². The van der Waals surface area contributed by atoms with Gasteiger partial charge in [-0.3, -0.25) is 0 Å². The fourth-order valence-corrected chi connectivity index (χ4v) is 7.73. The van der Waals surface area contributed by atoms with Gasteiger partial charge in [-0.15, -0.1) is 0 Å². The molecule has 3 aromatic heterocycles. The Morgan fingerprint density at radius 1 is 0.816 bits per heavy atom. The van der Waals surface area contributed by atoms with E-state index in [0.29, 0.717) is 17.9 Å². The highest BCUT2D eigenvalue weighted by Gasteiger charge is 2.86. The number of benzene rings is 3. The first-order chi connectivity index (χ1) is 18.6. The molecule has 1 saturated carbocycles. The number of rotatable bonds is 1. The zero-order valence-electron chi connectivity index (χ0n) is 21.8. The van der Waals surface area contributed by atoms with Crippen LogP contribution in [0.15, 0.2) is 102 Å². The Balaban J connectivity index is 1.41. The van der Waals surface area contributed by atoms with Crippen LogP contribution in [0.5, 0.6) is 0 Å². The number of para-hydroxylation sites is 1. The minimum absolute atomic E-state index is 0.156. The van der Waals surface area contributed by atoms with Crippen molar-refractivity contribution >= 4 is 21.9 Å². The number of fused-ring (bicyclic) bond motifs is 17. The Bertz CT molecular complexity index is 2000. The van der Waals surface area contributed by atoms with Crippen molar-refractivity contribution in [3.63, 3.8) is 0 Å².